The van der Waals surface area contributed by atoms with Crippen molar-refractivity contribution < 1.29 is 24.2 Å². The van der Waals surface area contributed by atoms with Gasteiger partial charge >= 0.3 is 11.9 Å². The fourth-order valence-electron chi connectivity index (χ4n) is 8.18. The highest BCUT2D eigenvalue weighted by molar-refractivity contribution is 5.70. The summed E-state index contributed by atoms with van der Waals surface area (Å²) in [6, 6.07) is 0. The maximum Gasteiger partial charge on any atom is 0.306 e. The summed E-state index contributed by atoms with van der Waals surface area (Å²) in [5, 5.41) is 9.67. The van der Waals surface area contributed by atoms with E-state index < -0.39 is 6.10 Å². The van der Waals surface area contributed by atoms with Gasteiger partial charge in [0, 0.05) is 12.8 Å². The van der Waals surface area contributed by atoms with Gasteiger partial charge in [-0.15, -0.1) is 0 Å². The van der Waals surface area contributed by atoms with E-state index in [1.165, 1.54) is 116 Å². The molecule has 0 saturated heterocycles. The van der Waals surface area contributed by atoms with E-state index in [2.05, 4.69) is 172 Å². The average Bonchev–Trinajstić information content (AvgIpc) is 3.42. The summed E-state index contributed by atoms with van der Waals surface area (Å²) in [6.45, 7) is 3.98. The maximum absolute atomic E-state index is 12.3. The zero-order valence-electron chi connectivity index (χ0n) is 49.0. The summed E-state index contributed by atoms with van der Waals surface area (Å²) in [7, 11) is 0. The first-order valence-corrected chi connectivity index (χ1v) is 31.0. The minimum absolute atomic E-state index is 0.0935. The van der Waals surface area contributed by atoms with Gasteiger partial charge in [-0.3, -0.25) is 9.59 Å². The molecular formula is C71H114O5. The number of hydrogen-bond acceptors (Lipinski definition) is 5. The molecule has 0 aliphatic rings. The predicted octanol–water partition coefficient (Wildman–Crippen LogP) is 21.5. The van der Waals surface area contributed by atoms with E-state index in [-0.39, 0.29) is 31.6 Å². The van der Waals surface area contributed by atoms with Crippen LogP contribution in [0, 0.1) is 0 Å². The van der Waals surface area contributed by atoms with Gasteiger partial charge in [0.1, 0.15) is 6.61 Å². The Balaban J connectivity index is 3.63. The topological polar surface area (TPSA) is 72.8 Å². The Hall–Kier alpha value is -4.48. The van der Waals surface area contributed by atoms with Crippen molar-refractivity contribution in [1.82, 2.24) is 0 Å². The van der Waals surface area contributed by atoms with Crippen molar-refractivity contribution in [1.29, 1.82) is 0 Å². The van der Waals surface area contributed by atoms with Crippen molar-refractivity contribution in [2.75, 3.05) is 13.2 Å². The second-order valence-electron chi connectivity index (χ2n) is 20.0. The van der Waals surface area contributed by atoms with Crippen LogP contribution in [0.4, 0.5) is 0 Å². The van der Waals surface area contributed by atoms with Gasteiger partial charge in [0.15, 0.2) is 6.10 Å². The third kappa shape index (κ3) is 62.1. The number of allylic oxidation sites excluding steroid dienone is 26. The third-order valence-electron chi connectivity index (χ3n) is 12.8. The second-order valence-corrected chi connectivity index (χ2v) is 20.0. The smallest absolute Gasteiger partial charge is 0.306 e. The first-order chi connectivity index (χ1) is 37.6. The van der Waals surface area contributed by atoms with Gasteiger partial charge in [0.2, 0.25) is 0 Å². The number of aliphatic hydroxyl groups excluding tert-OH is 1. The molecule has 0 fully saturated rings. The van der Waals surface area contributed by atoms with E-state index >= 15 is 0 Å². The van der Waals surface area contributed by atoms with Crippen molar-refractivity contribution in [2.45, 2.75) is 264 Å². The van der Waals surface area contributed by atoms with Crippen LogP contribution in [0.5, 0.6) is 0 Å². The molecule has 0 amide bonds. The van der Waals surface area contributed by atoms with Crippen LogP contribution in [0.3, 0.4) is 0 Å². The van der Waals surface area contributed by atoms with Crippen LogP contribution in [0.25, 0.3) is 0 Å². The fourth-order valence-corrected chi connectivity index (χ4v) is 8.18. The molecule has 0 rings (SSSR count). The van der Waals surface area contributed by atoms with Gasteiger partial charge in [-0.2, -0.15) is 0 Å². The van der Waals surface area contributed by atoms with Gasteiger partial charge in [0.05, 0.1) is 6.61 Å². The number of rotatable bonds is 55. The molecule has 0 saturated carbocycles. The molecule has 0 aromatic heterocycles. The number of carbonyl (C=O) groups excluding carboxylic acids is 2. The lowest BCUT2D eigenvalue weighted by atomic mass is 10.0. The van der Waals surface area contributed by atoms with Gasteiger partial charge in [0.25, 0.3) is 0 Å². The summed E-state index contributed by atoms with van der Waals surface area (Å²) in [5.41, 5.74) is 0. The monoisotopic (exact) mass is 1050 g/mol. The van der Waals surface area contributed by atoms with Gasteiger partial charge in [-0.05, 0) is 128 Å². The second kappa shape index (κ2) is 64.8. The Kier molecular flexibility index (Phi) is 61.0. The van der Waals surface area contributed by atoms with Gasteiger partial charge < -0.3 is 14.6 Å². The van der Waals surface area contributed by atoms with Crippen molar-refractivity contribution in [2.24, 2.45) is 0 Å². The van der Waals surface area contributed by atoms with E-state index in [9.17, 15) is 14.7 Å². The molecular weight excluding hydrogens is 933 g/mol. The van der Waals surface area contributed by atoms with Crippen molar-refractivity contribution in [3.05, 3.63) is 158 Å². The number of esters is 2. The van der Waals surface area contributed by atoms with Crippen LogP contribution in [-0.2, 0) is 19.1 Å². The zero-order valence-corrected chi connectivity index (χ0v) is 49.0. The molecule has 0 radical (unpaired) electrons. The quantitative estimate of drug-likeness (QED) is 0.0373. The van der Waals surface area contributed by atoms with Gasteiger partial charge in [-0.1, -0.05) is 275 Å². The van der Waals surface area contributed by atoms with E-state index in [0.29, 0.717) is 12.8 Å². The lowest BCUT2D eigenvalue weighted by molar-refractivity contribution is -0.161. The Morgan fingerprint density at radius 3 is 0.882 bits per heavy atom. The first-order valence-electron chi connectivity index (χ1n) is 31.0. The SMILES string of the molecule is CC/C=C\C/C=C\C/C=C\C/C=C\C/C=C\C/C=C\C/C=C\C/C=C\C/C=C\C/C=C\CCCCC(=O)OC(CO)COC(=O)CCCCCCCCCCCCCCCC/C=C\C/C=C\C/C=C\CCCCCCC. The molecule has 0 aromatic carbocycles. The largest absolute Gasteiger partial charge is 0.462 e. The summed E-state index contributed by atoms with van der Waals surface area (Å²) in [5.74, 6) is -0.650. The highest BCUT2D eigenvalue weighted by Crippen LogP contribution is 2.15. The minimum Gasteiger partial charge on any atom is -0.462 e. The van der Waals surface area contributed by atoms with Crippen molar-refractivity contribution >= 4 is 11.9 Å². The number of unbranched alkanes of at least 4 members (excludes halogenated alkanes) is 21. The van der Waals surface area contributed by atoms with E-state index in [0.717, 1.165) is 109 Å². The predicted molar refractivity (Wildman–Crippen MR) is 334 cm³/mol. The highest BCUT2D eigenvalue weighted by atomic mass is 16.6. The molecule has 0 bridgehead atoms. The molecule has 0 aliphatic carbocycles. The Bertz CT molecular complexity index is 1660. The number of hydrogen-bond donors (Lipinski definition) is 1. The van der Waals surface area contributed by atoms with E-state index in [4.69, 9.17) is 9.47 Å². The van der Waals surface area contributed by atoms with Crippen LogP contribution in [0.1, 0.15) is 258 Å². The molecule has 1 unspecified atom stereocenters. The van der Waals surface area contributed by atoms with Crippen LogP contribution in [-0.4, -0.2) is 36.4 Å². The van der Waals surface area contributed by atoms with Crippen molar-refractivity contribution in [3.63, 3.8) is 0 Å². The highest BCUT2D eigenvalue weighted by Gasteiger charge is 2.16. The molecule has 0 heterocycles. The summed E-state index contributed by atoms with van der Waals surface area (Å²) < 4.78 is 10.7. The Morgan fingerprint density at radius 1 is 0.316 bits per heavy atom. The molecule has 5 heteroatoms. The number of carbonyl (C=O) groups is 2. The molecule has 0 spiro atoms. The van der Waals surface area contributed by atoms with E-state index in [1.54, 1.807) is 0 Å². The van der Waals surface area contributed by atoms with E-state index in [1.807, 2.05) is 0 Å². The number of ether oxygens (including phenoxy) is 2. The van der Waals surface area contributed by atoms with Crippen LogP contribution in [0.2, 0.25) is 0 Å². The fraction of sp³-hybridized carbons (Fsp3) is 0.606. The normalized spacial score (nSPS) is 13.4. The summed E-state index contributed by atoms with van der Waals surface area (Å²) in [6.07, 6.45) is 99.4. The standard InChI is InChI=1S/C71H114O5/c1-3-5-7-9-11-13-15-17-19-21-23-25-27-29-31-33-34-35-36-38-40-42-44-46-48-50-52-54-56-58-60-62-64-66-71(74)76-69(67-72)68-75-70(73)65-63-61-59-57-55-53-51-49-47-45-43-41-39-37-32-30-28-26-24-22-20-18-16-14-12-10-8-6-4-2/h5,7,11,13,16-19,22-25,28-31,34-35,38,40,44,46,50,52,56,58,69,72H,3-4,6,8-10,12,14-15,20-21,26-27,32-33,36-37,39,41-43,45,47-49,51,53-55,57,59-68H2,1-2H3/b7-5-,13-11-,18-16-,19-17-,24-22-,25-23-,30-28-,31-29-,35-34-,40-38-,46-44-,52-50-,58-56-. The molecule has 0 aliphatic heterocycles. The first kappa shape index (κ1) is 71.5. The zero-order chi connectivity index (χ0) is 54.8. The maximum atomic E-state index is 12.3. The molecule has 5 nitrogen and oxygen atoms in total. The van der Waals surface area contributed by atoms with Crippen molar-refractivity contribution in [3.8, 4) is 0 Å². The average molecular weight is 1050 g/mol. The number of aliphatic hydroxyl groups is 1. The summed E-state index contributed by atoms with van der Waals surface area (Å²) in [4.78, 5) is 24.6. The van der Waals surface area contributed by atoms with Crippen LogP contribution >= 0.6 is 0 Å². The van der Waals surface area contributed by atoms with Crippen LogP contribution < -0.4 is 0 Å². The molecule has 1 N–H and O–H groups in total. The Morgan fingerprint density at radius 2 is 0.566 bits per heavy atom. The summed E-state index contributed by atoms with van der Waals surface area (Å²) >= 11 is 0. The minimum atomic E-state index is -0.809. The Labute approximate surface area is 469 Å². The molecule has 1 atom stereocenters. The lowest BCUT2D eigenvalue weighted by Crippen LogP contribution is -2.28. The van der Waals surface area contributed by atoms with Gasteiger partial charge in [-0.25, -0.2) is 0 Å². The molecule has 76 heavy (non-hydrogen) atoms. The molecule has 428 valence electrons. The van der Waals surface area contributed by atoms with Crippen LogP contribution in [0.15, 0.2) is 158 Å². The molecule has 0 aromatic rings. The lowest BCUT2D eigenvalue weighted by Gasteiger charge is -2.15. The third-order valence-corrected chi connectivity index (χ3v) is 12.8.